The average molecular weight is 415 g/mol. The van der Waals surface area contributed by atoms with Crippen molar-refractivity contribution in [1.82, 2.24) is 15.0 Å². The van der Waals surface area contributed by atoms with E-state index >= 15 is 0 Å². The molecule has 1 fully saturated rings. The Morgan fingerprint density at radius 3 is 2.61 bits per heavy atom. The fourth-order valence-electron chi connectivity index (χ4n) is 4.05. The van der Waals surface area contributed by atoms with Crippen molar-refractivity contribution in [1.29, 1.82) is 0 Å². The number of aromatic nitrogens is 2. The van der Waals surface area contributed by atoms with Crippen LogP contribution in [0.25, 0.3) is 22.4 Å². The maximum Gasteiger partial charge on any atom is 0.349 e. The van der Waals surface area contributed by atoms with Crippen LogP contribution in [0.5, 0.6) is 0 Å². The second kappa shape index (κ2) is 7.83. The number of nitrogens with zero attached hydrogens (tertiary/aromatic N) is 3. The number of fused-ring (bicyclic) bond motifs is 1. The Labute approximate surface area is 178 Å². The van der Waals surface area contributed by atoms with E-state index in [1.165, 1.54) is 0 Å². The van der Waals surface area contributed by atoms with Crippen LogP contribution in [-0.4, -0.2) is 34.0 Å². The van der Waals surface area contributed by atoms with Crippen molar-refractivity contribution < 1.29 is 13.7 Å². The Kier molecular flexibility index (Phi) is 4.86. The molecule has 0 saturated carbocycles. The van der Waals surface area contributed by atoms with Crippen LogP contribution in [0.3, 0.4) is 0 Å². The Morgan fingerprint density at radius 2 is 1.81 bits per heavy atom. The highest BCUT2D eigenvalue weighted by Crippen LogP contribution is 2.30. The van der Waals surface area contributed by atoms with Crippen LogP contribution in [0.4, 0.5) is 0 Å². The van der Waals surface area contributed by atoms with Crippen molar-refractivity contribution in [2.45, 2.75) is 25.7 Å². The van der Waals surface area contributed by atoms with E-state index in [0.29, 0.717) is 43.2 Å². The van der Waals surface area contributed by atoms with E-state index in [-0.39, 0.29) is 17.4 Å². The number of carbonyl (C=O) groups excluding carboxylic acids is 1. The van der Waals surface area contributed by atoms with Gasteiger partial charge in [-0.3, -0.25) is 4.79 Å². The molecule has 2 aromatic heterocycles. The second-order valence-corrected chi connectivity index (χ2v) is 7.82. The number of rotatable bonds is 3. The number of piperidine rings is 1. The van der Waals surface area contributed by atoms with Gasteiger partial charge >= 0.3 is 5.63 Å². The molecule has 7 nitrogen and oxygen atoms in total. The van der Waals surface area contributed by atoms with Crippen molar-refractivity contribution in [2.24, 2.45) is 0 Å². The van der Waals surface area contributed by atoms with Gasteiger partial charge in [0.1, 0.15) is 11.1 Å². The number of amides is 1. The number of benzene rings is 2. The maximum absolute atomic E-state index is 12.9. The zero-order valence-corrected chi connectivity index (χ0v) is 17.1. The third kappa shape index (κ3) is 3.63. The van der Waals surface area contributed by atoms with Crippen LogP contribution >= 0.6 is 0 Å². The molecule has 4 aromatic rings. The highest BCUT2D eigenvalue weighted by Gasteiger charge is 2.29. The van der Waals surface area contributed by atoms with Gasteiger partial charge in [-0.15, -0.1) is 0 Å². The molecule has 1 aliphatic rings. The zero-order chi connectivity index (χ0) is 21.4. The Hall–Kier alpha value is -3.74. The van der Waals surface area contributed by atoms with Crippen molar-refractivity contribution in [3.63, 3.8) is 0 Å². The lowest BCUT2D eigenvalue weighted by Gasteiger charge is -2.30. The van der Waals surface area contributed by atoms with E-state index in [4.69, 9.17) is 8.94 Å². The van der Waals surface area contributed by atoms with E-state index in [1.807, 2.05) is 43.3 Å². The number of likely N-dealkylation sites (tertiary alicyclic amines) is 1. The molecule has 1 saturated heterocycles. The first-order valence-corrected chi connectivity index (χ1v) is 10.3. The molecule has 5 rings (SSSR count). The SMILES string of the molecule is Cc1ccccc1-c1noc(C2CCN(C(=O)c3cc4ccccc4oc3=O)CC2)n1. The summed E-state index contributed by atoms with van der Waals surface area (Å²) in [5, 5.41) is 4.88. The molecule has 0 aliphatic carbocycles. The fourth-order valence-corrected chi connectivity index (χ4v) is 4.05. The highest BCUT2D eigenvalue weighted by atomic mass is 16.5. The van der Waals surface area contributed by atoms with Crippen molar-refractivity contribution in [3.05, 3.63) is 82.0 Å². The molecule has 1 amide bonds. The van der Waals surface area contributed by atoms with Gasteiger partial charge in [0.15, 0.2) is 0 Å². The van der Waals surface area contributed by atoms with Crippen LogP contribution in [-0.2, 0) is 0 Å². The van der Waals surface area contributed by atoms with E-state index < -0.39 is 5.63 Å². The molecule has 0 spiro atoms. The molecule has 7 heteroatoms. The van der Waals surface area contributed by atoms with Crippen molar-refractivity contribution >= 4 is 16.9 Å². The zero-order valence-electron chi connectivity index (χ0n) is 17.1. The number of para-hydroxylation sites is 1. The highest BCUT2D eigenvalue weighted by molar-refractivity contribution is 5.96. The van der Waals surface area contributed by atoms with E-state index in [1.54, 1.807) is 23.1 Å². The summed E-state index contributed by atoms with van der Waals surface area (Å²) in [6.07, 6.45) is 1.39. The van der Waals surface area contributed by atoms with Gasteiger partial charge < -0.3 is 13.8 Å². The molecule has 0 bridgehead atoms. The molecular weight excluding hydrogens is 394 g/mol. The molecule has 2 aromatic carbocycles. The van der Waals surface area contributed by atoms with Gasteiger partial charge in [-0.2, -0.15) is 4.98 Å². The first-order chi connectivity index (χ1) is 15.1. The summed E-state index contributed by atoms with van der Waals surface area (Å²) >= 11 is 0. The van der Waals surface area contributed by atoms with Gasteiger partial charge in [-0.05, 0) is 37.5 Å². The summed E-state index contributed by atoms with van der Waals surface area (Å²) in [7, 11) is 0. The standard InChI is InChI=1S/C24H21N3O4/c1-15-6-2-4-8-18(15)21-25-22(31-26-21)16-10-12-27(13-11-16)23(28)19-14-17-7-3-5-9-20(17)30-24(19)29/h2-9,14,16H,10-13H2,1H3. The van der Waals surface area contributed by atoms with E-state index in [9.17, 15) is 9.59 Å². The molecule has 3 heterocycles. The van der Waals surface area contributed by atoms with Crippen LogP contribution < -0.4 is 5.63 Å². The van der Waals surface area contributed by atoms with Crippen LogP contribution in [0, 0.1) is 6.92 Å². The largest absolute Gasteiger partial charge is 0.422 e. The van der Waals surface area contributed by atoms with E-state index in [0.717, 1.165) is 16.5 Å². The smallest absolute Gasteiger partial charge is 0.349 e. The van der Waals surface area contributed by atoms with Gasteiger partial charge in [-0.25, -0.2) is 4.79 Å². The normalized spacial score (nSPS) is 14.8. The minimum Gasteiger partial charge on any atom is -0.422 e. The first kappa shape index (κ1) is 19.2. The Balaban J connectivity index is 1.30. The summed E-state index contributed by atoms with van der Waals surface area (Å²) in [5.74, 6) is 0.961. The Bertz CT molecular complexity index is 1320. The lowest BCUT2D eigenvalue weighted by Crippen LogP contribution is -2.39. The van der Waals surface area contributed by atoms with Crippen LogP contribution in [0.1, 0.15) is 40.6 Å². The second-order valence-electron chi connectivity index (χ2n) is 7.82. The molecule has 0 unspecified atom stereocenters. The fraction of sp³-hybridized carbons (Fsp3) is 0.250. The van der Waals surface area contributed by atoms with Gasteiger partial charge in [0, 0.05) is 30.0 Å². The van der Waals surface area contributed by atoms with Crippen molar-refractivity contribution in [2.75, 3.05) is 13.1 Å². The third-order valence-electron chi connectivity index (χ3n) is 5.83. The van der Waals surface area contributed by atoms with Crippen LogP contribution in [0.2, 0.25) is 0 Å². The summed E-state index contributed by atoms with van der Waals surface area (Å²) in [6, 6.07) is 16.7. The molecule has 31 heavy (non-hydrogen) atoms. The minimum absolute atomic E-state index is 0.0665. The monoisotopic (exact) mass is 415 g/mol. The van der Waals surface area contributed by atoms with Crippen molar-refractivity contribution in [3.8, 4) is 11.4 Å². The average Bonchev–Trinajstić information content (AvgIpc) is 3.28. The number of hydrogen-bond donors (Lipinski definition) is 0. The van der Waals surface area contributed by atoms with Gasteiger partial charge in [0.25, 0.3) is 5.91 Å². The minimum atomic E-state index is -0.606. The lowest BCUT2D eigenvalue weighted by molar-refractivity contribution is 0.0700. The Morgan fingerprint density at radius 1 is 1.06 bits per heavy atom. The summed E-state index contributed by atoms with van der Waals surface area (Å²) in [4.78, 5) is 31.6. The maximum atomic E-state index is 12.9. The number of carbonyl (C=O) groups is 1. The topological polar surface area (TPSA) is 89.4 Å². The first-order valence-electron chi connectivity index (χ1n) is 10.3. The quantitative estimate of drug-likeness (QED) is 0.467. The predicted molar refractivity (Wildman–Crippen MR) is 115 cm³/mol. The molecular formula is C24H21N3O4. The summed E-state index contributed by atoms with van der Waals surface area (Å²) < 4.78 is 10.8. The summed E-state index contributed by atoms with van der Waals surface area (Å²) in [5.41, 5.74) is 1.98. The predicted octanol–water partition coefficient (Wildman–Crippen LogP) is 4.17. The molecule has 156 valence electrons. The number of aryl methyl sites for hydroxylation is 1. The number of hydrogen-bond acceptors (Lipinski definition) is 6. The molecule has 0 radical (unpaired) electrons. The van der Waals surface area contributed by atoms with Crippen LogP contribution in [0.15, 0.2) is 68.3 Å². The van der Waals surface area contributed by atoms with Gasteiger partial charge in [-0.1, -0.05) is 47.6 Å². The van der Waals surface area contributed by atoms with Gasteiger partial charge in [0.05, 0.1) is 0 Å². The summed E-state index contributed by atoms with van der Waals surface area (Å²) in [6.45, 7) is 3.04. The molecule has 0 atom stereocenters. The third-order valence-corrected chi connectivity index (χ3v) is 5.83. The van der Waals surface area contributed by atoms with Gasteiger partial charge in [0.2, 0.25) is 11.7 Å². The lowest BCUT2D eigenvalue weighted by atomic mass is 9.96. The molecule has 1 aliphatic heterocycles. The molecule has 0 N–H and O–H groups in total. The van der Waals surface area contributed by atoms with E-state index in [2.05, 4.69) is 10.1 Å².